The maximum Gasteiger partial charge on any atom is 0.459 e. The molecular formula is C12H8F7NO. The van der Waals surface area contributed by atoms with E-state index in [9.17, 15) is 35.5 Å². The molecule has 1 unspecified atom stereocenters. The van der Waals surface area contributed by atoms with Gasteiger partial charge < -0.3 is 5.32 Å². The number of hydrogen-bond donors (Lipinski definition) is 1. The lowest BCUT2D eigenvalue weighted by Crippen LogP contribution is -2.55. The minimum atomic E-state index is -6.42. The van der Waals surface area contributed by atoms with Gasteiger partial charge in [0.15, 0.2) is 0 Å². The highest BCUT2D eigenvalue weighted by atomic mass is 19.4. The molecule has 0 saturated heterocycles. The zero-order valence-corrected chi connectivity index (χ0v) is 10.1. The molecule has 0 radical (unpaired) electrons. The van der Waals surface area contributed by atoms with Crippen LogP contribution in [0.25, 0.3) is 0 Å². The van der Waals surface area contributed by atoms with E-state index < -0.39 is 41.8 Å². The van der Waals surface area contributed by atoms with Crippen molar-refractivity contribution < 1.29 is 35.5 Å². The van der Waals surface area contributed by atoms with Crippen LogP contribution in [0.3, 0.4) is 0 Å². The molecule has 2 rings (SSSR count). The number of amides is 1. The molecule has 1 aromatic rings. The molecule has 0 saturated carbocycles. The number of halogens is 7. The van der Waals surface area contributed by atoms with Gasteiger partial charge in [-0.05, 0) is 11.6 Å². The topological polar surface area (TPSA) is 29.1 Å². The first-order valence-corrected chi connectivity index (χ1v) is 5.69. The smallest absolute Gasteiger partial charge is 0.326 e. The van der Waals surface area contributed by atoms with Crippen molar-refractivity contribution in [2.75, 3.05) is 5.32 Å². The highest BCUT2D eigenvalue weighted by molar-refractivity contribution is 5.94. The lowest BCUT2D eigenvalue weighted by molar-refractivity contribution is -0.359. The van der Waals surface area contributed by atoms with E-state index >= 15 is 0 Å². The van der Waals surface area contributed by atoms with Crippen molar-refractivity contribution in [3.8, 4) is 0 Å². The average Bonchev–Trinajstić information content (AvgIpc) is 2.36. The third-order valence-electron chi connectivity index (χ3n) is 3.21. The summed E-state index contributed by atoms with van der Waals surface area (Å²) in [5, 5.41) is 2.15. The van der Waals surface area contributed by atoms with E-state index in [0.717, 1.165) is 12.1 Å². The van der Waals surface area contributed by atoms with Crippen LogP contribution >= 0.6 is 0 Å². The van der Waals surface area contributed by atoms with Gasteiger partial charge in [0.1, 0.15) is 0 Å². The summed E-state index contributed by atoms with van der Waals surface area (Å²) < 4.78 is 90.5. The molecule has 0 bridgehead atoms. The average molecular weight is 315 g/mol. The number of hydrogen-bond acceptors (Lipinski definition) is 1. The largest absolute Gasteiger partial charge is 0.459 e. The Balaban J connectivity index is 2.53. The zero-order valence-electron chi connectivity index (χ0n) is 10.1. The minimum absolute atomic E-state index is 0.198. The van der Waals surface area contributed by atoms with E-state index in [1.54, 1.807) is 0 Å². The SMILES string of the molecule is O=C1CC(C(F)(F)C(F)(F)C(F)(F)F)c2ccccc2N1. The number of para-hydroxylation sites is 1. The van der Waals surface area contributed by atoms with Gasteiger partial charge in [0.05, 0.1) is 5.92 Å². The molecule has 116 valence electrons. The molecule has 1 amide bonds. The molecule has 9 heteroatoms. The molecule has 0 aromatic heterocycles. The van der Waals surface area contributed by atoms with Crippen molar-refractivity contribution in [3.63, 3.8) is 0 Å². The van der Waals surface area contributed by atoms with Gasteiger partial charge in [0.2, 0.25) is 5.91 Å². The fourth-order valence-corrected chi connectivity index (χ4v) is 2.14. The fraction of sp³-hybridized carbons (Fsp3) is 0.417. The van der Waals surface area contributed by atoms with Crippen LogP contribution in [-0.2, 0) is 4.79 Å². The molecule has 1 atom stereocenters. The second-order valence-corrected chi connectivity index (χ2v) is 4.59. The first-order chi connectivity index (χ1) is 9.48. The van der Waals surface area contributed by atoms with Crippen LogP contribution in [0.15, 0.2) is 24.3 Å². The van der Waals surface area contributed by atoms with Gasteiger partial charge in [-0.2, -0.15) is 30.7 Å². The van der Waals surface area contributed by atoms with Crippen molar-refractivity contribution in [2.24, 2.45) is 0 Å². The number of carbonyl (C=O) groups excluding carboxylic acids is 1. The molecule has 1 heterocycles. The predicted molar refractivity (Wildman–Crippen MR) is 58.4 cm³/mol. The maximum absolute atomic E-state index is 13.8. The van der Waals surface area contributed by atoms with Gasteiger partial charge in [0, 0.05) is 12.1 Å². The number of benzene rings is 1. The summed E-state index contributed by atoms with van der Waals surface area (Å²) in [6.45, 7) is 0. The number of anilines is 1. The first-order valence-electron chi connectivity index (χ1n) is 5.69. The number of nitrogens with one attached hydrogen (secondary N) is 1. The molecule has 0 aliphatic carbocycles. The van der Waals surface area contributed by atoms with Gasteiger partial charge in [-0.1, -0.05) is 18.2 Å². The zero-order chi connectivity index (χ0) is 16.1. The fourth-order valence-electron chi connectivity index (χ4n) is 2.14. The summed E-state index contributed by atoms with van der Waals surface area (Å²) in [5.41, 5.74) is -0.651. The van der Waals surface area contributed by atoms with E-state index in [-0.39, 0.29) is 5.69 Å². The molecule has 1 aliphatic rings. The first kappa shape index (κ1) is 15.6. The van der Waals surface area contributed by atoms with Crippen LogP contribution in [0.5, 0.6) is 0 Å². The van der Waals surface area contributed by atoms with Crippen LogP contribution < -0.4 is 5.32 Å². The van der Waals surface area contributed by atoms with Crippen molar-refractivity contribution in [3.05, 3.63) is 29.8 Å². The Kier molecular flexibility index (Phi) is 3.42. The maximum atomic E-state index is 13.8. The molecule has 1 aromatic carbocycles. The van der Waals surface area contributed by atoms with Crippen molar-refractivity contribution >= 4 is 11.6 Å². The van der Waals surface area contributed by atoms with E-state index in [1.807, 2.05) is 0 Å². The molecule has 21 heavy (non-hydrogen) atoms. The lowest BCUT2D eigenvalue weighted by Gasteiger charge is -2.36. The number of carbonyl (C=O) groups is 1. The Morgan fingerprint density at radius 3 is 2.14 bits per heavy atom. The Hall–Kier alpha value is -1.80. The van der Waals surface area contributed by atoms with Crippen molar-refractivity contribution in [2.45, 2.75) is 30.4 Å². The monoisotopic (exact) mass is 315 g/mol. The van der Waals surface area contributed by atoms with Gasteiger partial charge in [-0.3, -0.25) is 4.79 Å². The van der Waals surface area contributed by atoms with Crippen LogP contribution in [0, 0.1) is 0 Å². The minimum Gasteiger partial charge on any atom is -0.326 e. The highest BCUT2D eigenvalue weighted by Gasteiger charge is 2.75. The molecule has 1 N–H and O–H groups in total. The molecule has 0 fully saturated rings. The Morgan fingerprint density at radius 2 is 1.57 bits per heavy atom. The van der Waals surface area contributed by atoms with E-state index in [2.05, 4.69) is 5.32 Å². The molecule has 0 spiro atoms. The quantitative estimate of drug-likeness (QED) is 0.823. The highest BCUT2D eigenvalue weighted by Crippen LogP contribution is 2.55. The number of fused-ring (bicyclic) bond motifs is 1. The standard InChI is InChI=1S/C12H8F7NO/c13-10(14,11(15,16)12(17,18)19)7-5-9(21)20-8-4-2-1-3-6(7)8/h1-4,7H,5H2,(H,20,21). The molecule has 1 aliphatic heterocycles. The second kappa shape index (κ2) is 4.60. The summed E-state index contributed by atoms with van der Waals surface area (Å²) in [7, 11) is 0. The summed E-state index contributed by atoms with van der Waals surface area (Å²) in [6, 6.07) is 4.69. The predicted octanol–water partition coefficient (Wildman–Crippen LogP) is 3.95. The Labute approximate surface area is 113 Å². The lowest BCUT2D eigenvalue weighted by atomic mass is 9.82. The summed E-state index contributed by atoms with van der Waals surface area (Å²) in [6.07, 6.45) is -7.57. The van der Waals surface area contributed by atoms with Gasteiger partial charge in [0.25, 0.3) is 0 Å². The third-order valence-corrected chi connectivity index (χ3v) is 3.21. The van der Waals surface area contributed by atoms with E-state index in [4.69, 9.17) is 0 Å². The summed E-state index contributed by atoms with van der Waals surface area (Å²) in [4.78, 5) is 11.3. The molecular weight excluding hydrogens is 307 g/mol. The van der Waals surface area contributed by atoms with Gasteiger partial charge >= 0.3 is 18.0 Å². The number of rotatable bonds is 2. The molecule has 2 nitrogen and oxygen atoms in total. The van der Waals surface area contributed by atoms with Crippen molar-refractivity contribution in [1.82, 2.24) is 0 Å². The van der Waals surface area contributed by atoms with Crippen LogP contribution in [0.1, 0.15) is 17.9 Å². The van der Waals surface area contributed by atoms with E-state index in [1.165, 1.54) is 12.1 Å². The second-order valence-electron chi connectivity index (χ2n) is 4.59. The Bertz CT molecular complexity index is 567. The van der Waals surface area contributed by atoms with Crippen molar-refractivity contribution in [1.29, 1.82) is 0 Å². The summed E-state index contributed by atoms with van der Waals surface area (Å²) >= 11 is 0. The third kappa shape index (κ3) is 2.34. The van der Waals surface area contributed by atoms with Gasteiger partial charge in [-0.25, -0.2) is 0 Å². The summed E-state index contributed by atoms with van der Waals surface area (Å²) in [5.74, 6) is -15.3. The van der Waals surface area contributed by atoms with Crippen LogP contribution in [0.4, 0.5) is 36.4 Å². The van der Waals surface area contributed by atoms with E-state index in [0.29, 0.717) is 0 Å². The Morgan fingerprint density at radius 1 is 1.00 bits per heavy atom. The van der Waals surface area contributed by atoms with Gasteiger partial charge in [-0.15, -0.1) is 0 Å². The number of alkyl halides is 7. The normalized spacial score (nSPS) is 20.0. The van der Waals surface area contributed by atoms with Crippen LogP contribution in [0.2, 0.25) is 0 Å². The van der Waals surface area contributed by atoms with Crippen LogP contribution in [-0.4, -0.2) is 23.9 Å².